The number of hydrogen-bond donors (Lipinski definition) is 1. The summed E-state index contributed by atoms with van der Waals surface area (Å²) in [7, 11) is 0. The molecule has 1 aliphatic rings. The Kier molecular flexibility index (Phi) is 3.99. The van der Waals surface area contributed by atoms with Gasteiger partial charge < -0.3 is 14.8 Å². The zero-order valence-electron chi connectivity index (χ0n) is 13.3. The molecule has 1 amide bonds. The van der Waals surface area contributed by atoms with Crippen LogP contribution < -0.4 is 14.8 Å². The molecule has 0 unspecified atom stereocenters. The zero-order chi connectivity index (χ0) is 17.1. The molecule has 0 atom stereocenters. The molecule has 0 fully saturated rings. The van der Waals surface area contributed by atoms with Crippen molar-refractivity contribution in [1.82, 2.24) is 25.5 Å². The number of rotatable bonds is 4. The molecule has 0 radical (unpaired) electrons. The Bertz CT molecular complexity index is 895. The first-order valence-electron chi connectivity index (χ1n) is 7.80. The summed E-state index contributed by atoms with van der Waals surface area (Å²) in [6, 6.07) is 12.7. The highest BCUT2D eigenvalue weighted by atomic mass is 16.6. The van der Waals surface area contributed by atoms with Gasteiger partial charge in [0, 0.05) is 12.1 Å². The third-order valence-electron chi connectivity index (χ3n) is 3.78. The van der Waals surface area contributed by atoms with Crippen LogP contribution in [-0.2, 0) is 6.54 Å². The standard InChI is InChI=1S/C17H15N5O3/c23-17(13-2-1-3-14(9-13)22-11-19-20-21-22)18-10-12-4-5-15-16(8-12)25-7-6-24-15/h1-5,8-9,11H,6-7,10H2,(H,18,23). The van der Waals surface area contributed by atoms with Crippen molar-refractivity contribution >= 4 is 5.91 Å². The van der Waals surface area contributed by atoms with Crippen LogP contribution in [0, 0.1) is 0 Å². The van der Waals surface area contributed by atoms with Gasteiger partial charge in [-0.3, -0.25) is 4.79 Å². The van der Waals surface area contributed by atoms with Crippen LogP contribution in [0.25, 0.3) is 5.69 Å². The van der Waals surface area contributed by atoms with Crippen LogP contribution in [0.5, 0.6) is 11.5 Å². The summed E-state index contributed by atoms with van der Waals surface area (Å²) in [6.07, 6.45) is 1.48. The number of carbonyl (C=O) groups excluding carboxylic acids is 1. The number of fused-ring (bicyclic) bond motifs is 1. The topological polar surface area (TPSA) is 91.2 Å². The predicted octanol–water partition coefficient (Wildman–Crippen LogP) is 1.36. The van der Waals surface area contributed by atoms with Gasteiger partial charge in [0.2, 0.25) is 0 Å². The lowest BCUT2D eigenvalue weighted by Crippen LogP contribution is -2.23. The monoisotopic (exact) mass is 337 g/mol. The van der Waals surface area contributed by atoms with E-state index in [0.29, 0.717) is 31.1 Å². The van der Waals surface area contributed by atoms with Crippen molar-refractivity contribution in [2.24, 2.45) is 0 Å². The van der Waals surface area contributed by atoms with E-state index in [4.69, 9.17) is 9.47 Å². The van der Waals surface area contributed by atoms with Crippen LogP contribution >= 0.6 is 0 Å². The van der Waals surface area contributed by atoms with Crippen molar-refractivity contribution in [3.8, 4) is 17.2 Å². The van der Waals surface area contributed by atoms with E-state index in [-0.39, 0.29) is 5.91 Å². The second kappa shape index (κ2) is 6.60. The number of aromatic nitrogens is 4. The lowest BCUT2D eigenvalue weighted by molar-refractivity contribution is 0.0950. The molecular weight excluding hydrogens is 322 g/mol. The van der Waals surface area contributed by atoms with Crippen LogP contribution in [-0.4, -0.2) is 39.3 Å². The molecule has 2 heterocycles. The number of nitrogens with zero attached hydrogens (tertiary/aromatic N) is 4. The Labute approximate surface area is 143 Å². The quantitative estimate of drug-likeness (QED) is 0.773. The molecule has 0 spiro atoms. The fourth-order valence-electron chi connectivity index (χ4n) is 2.55. The van der Waals surface area contributed by atoms with Crippen LogP contribution in [0.15, 0.2) is 48.8 Å². The molecule has 1 aromatic heterocycles. The fraction of sp³-hybridized carbons (Fsp3) is 0.176. The summed E-state index contributed by atoms with van der Waals surface area (Å²) in [5.41, 5.74) is 2.19. The van der Waals surface area contributed by atoms with E-state index in [0.717, 1.165) is 17.0 Å². The van der Waals surface area contributed by atoms with Gasteiger partial charge in [0.05, 0.1) is 5.69 Å². The minimum Gasteiger partial charge on any atom is -0.486 e. The number of tetrazole rings is 1. The molecule has 0 saturated carbocycles. The van der Waals surface area contributed by atoms with E-state index in [1.165, 1.54) is 11.0 Å². The number of amides is 1. The number of carbonyl (C=O) groups is 1. The largest absolute Gasteiger partial charge is 0.486 e. The normalized spacial score (nSPS) is 12.6. The number of benzene rings is 2. The van der Waals surface area contributed by atoms with E-state index in [9.17, 15) is 4.79 Å². The molecule has 8 nitrogen and oxygen atoms in total. The van der Waals surface area contributed by atoms with Gasteiger partial charge in [0.15, 0.2) is 11.5 Å². The van der Waals surface area contributed by atoms with Gasteiger partial charge in [-0.15, -0.1) is 5.10 Å². The molecule has 3 aromatic rings. The Morgan fingerprint density at radius 3 is 2.84 bits per heavy atom. The van der Waals surface area contributed by atoms with Crippen molar-refractivity contribution in [2.75, 3.05) is 13.2 Å². The van der Waals surface area contributed by atoms with E-state index in [1.54, 1.807) is 18.2 Å². The van der Waals surface area contributed by atoms with Crippen LogP contribution in [0.2, 0.25) is 0 Å². The van der Waals surface area contributed by atoms with E-state index < -0.39 is 0 Å². The highest BCUT2D eigenvalue weighted by molar-refractivity contribution is 5.94. The summed E-state index contributed by atoms with van der Waals surface area (Å²) in [5.74, 6) is 1.26. The third kappa shape index (κ3) is 3.27. The van der Waals surface area contributed by atoms with Gasteiger partial charge in [0.25, 0.3) is 5.91 Å². The molecule has 1 aliphatic heterocycles. The molecule has 0 aliphatic carbocycles. The number of hydrogen-bond acceptors (Lipinski definition) is 6. The van der Waals surface area contributed by atoms with Gasteiger partial charge in [-0.05, 0) is 46.3 Å². The second-order valence-corrected chi connectivity index (χ2v) is 5.47. The van der Waals surface area contributed by atoms with Gasteiger partial charge in [-0.2, -0.15) is 0 Å². The highest BCUT2D eigenvalue weighted by Crippen LogP contribution is 2.30. The summed E-state index contributed by atoms with van der Waals surface area (Å²) < 4.78 is 12.5. The summed E-state index contributed by atoms with van der Waals surface area (Å²) in [6.45, 7) is 1.48. The van der Waals surface area contributed by atoms with E-state index >= 15 is 0 Å². The molecule has 126 valence electrons. The van der Waals surface area contributed by atoms with Gasteiger partial charge >= 0.3 is 0 Å². The van der Waals surface area contributed by atoms with Gasteiger partial charge in [0.1, 0.15) is 19.5 Å². The lowest BCUT2D eigenvalue weighted by Gasteiger charge is -2.19. The fourth-order valence-corrected chi connectivity index (χ4v) is 2.55. The SMILES string of the molecule is O=C(NCc1ccc2c(c1)OCCO2)c1cccc(-n2cnnn2)c1. The molecule has 0 saturated heterocycles. The summed E-state index contributed by atoms with van der Waals surface area (Å²) in [4.78, 5) is 12.4. The Balaban J connectivity index is 1.45. The number of ether oxygens (including phenoxy) is 2. The molecule has 4 rings (SSSR count). The molecule has 1 N–H and O–H groups in total. The lowest BCUT2D eigenvalue weighted by atomic mass is 10.1. The van der Waals surface area contributed by atoms with Crippen LogP contribution in [0.3, 0.4) is 0 Å². The first kappa shape index (κ1) is 15.1. The first-order valence-corrected chi connectivity index (χ1v) is 7.80. The highest BCUT2D eigenvalue weighted by Gasteiger charge is 2.12. The maximum atomic E-state index is 12.4. The summed E-state index contributed by atoms with van der Waals surface area (Å²) in [5, 5.41) is 13.9. The van der Waals surface area contributed by atoms with Crippen molar-refractivity contribution < 1.29 is 14.3 Å². The number of nitrogens with one attached hydrogen (secondary N) is 1. The Hall–Kier alpha value is -3.42. The average Bonchev–Trinajstić information content (AvgIpc) is 3.21. The van der Waals surface area contributed by atoms with E-state index in [1.807, 2.05) is 24.3 Å². The van der Waals surface area contributed by atoms with E-state index in [2.05, 4.69) is 20.8 Å². The Morgan fingerprint density at radius 1 is 1.12 bits per heavy atom. The molecular formula is C17H15N5O3. The van der Waals surface area contributed by atoms with Crippen LogP contribution in [0.1, 0.15) is 15.9 Å². The average molecular weight is 337 g/mol. The summed E-state index contributed by atoms with van der Waals surface area (Å²) >= 11 is 0. The van der Waals surface area contributed by atoms with Crippen molar-refractivity contribution in [1.29, 1.82) is 0 Å². The third-order valence-corrected chi connectivity index (χ3v) is 3.78. The second-order valence-electron chi connectivity index (χ2n) is 5.47. The Morgan fingerprint density at radius 2 is 2.00 bits per heavy atom. The molecule has 8 heteroatoms. The molecule has 0 bridgehead atoms. The van der Waals surface area contributed by atoms with Crippen molar-refractivity contribution in [3.05, 3.63) is 59.9 Å². The minimum absolute atomic E-state index is 0.176. The van der Waals surface area contributed by atoms with Crippen molar-refractivity contribution in [2.45, 2.75) is 6.54 Å². The van der Waals surface area contributed by atoms with Crippen molar-refractivity contribution in [3.63, 3.8) is 0 Å². The van der Waals surface area contributed by atoms with Crippen LogP contribution in [0.4, 0.5) is 0 Å². The van der Waals surface area contributed by atoms with Gasteiger partial charge in [-0.1, -0.05) is 12.1 Å². The minimum atomic E-state index is -0.176. The predicted molar refractivity (Wildman–Crippen MR) is 87.8 cm³/mol. The first-order chi connectivity index (χ1) is 12.3. The smallest absolute Gasteiger partial charge is 0.251 e. The maximum Gasteiger partial charge on any atom is 0.251 e. The zero-order valence-corrected chi connectivity index (χ0v) is 13.3. The maximum absolute atomic E-state index is 12.4. The molecule has 25 heavy (non-hydrogen) atoms. The molecule has 2 aromatic carbocycles. The van der Waals surface area contributed by atoms with Gasteiger partial charge in [-0.25, -0.2) is 4.68 Å².